The topological polar surface area (TPSA) is 39.1 Å². The van der Waals surface area contributed by atoms with Gasteiger partial charge in [-0.3, -0.25) is 4.68 Å². The Morgan fingerprint density at radius 2 is 2.05 bits per heavy atom. The summed E-state index contributed by atoms with van der Waals surface area (Å²) in [7, 11) is 5.81. The third-order valence-corrected chi connectivity index (χ3v) is 3.66. The van der Waals surface area contributed by atoms with Crippen LogP contribution in [-0.4, -0.2) is 36.1 Å². The van der Waals surface area contributed by atoms with Crippen molar-refractivity contribution in [3.63, 3.8) is 0 Å². The standard InChI is InChI=1S/C15H29N3O/c1-8-11-9-12(18(6)17-11)10-13(16-5)14(19-7)15(2,3)4/h9,13-14,16H,8,10H2,1-7H3. The van der Waals surface area contributed by atoms with Crippen LogP contribution in [0.1, 0.15) is 39.1 Å². The molecule has 1 N–H and O–H groups in total. The molecule has 110 valence electrons. The summed E-state index contributed by atoms with van der Waals surface area (Å²) in [4.78, 5) is 0. The molecule has 0 bridgehead atoms. The maximum Gasteiger partial charge on any atom is 0.0776 e. The Labute approximate surface area is 117 Å². The van der Waals surface area contributed by atoms with E-state index in [0.717, 1.165) is 18.5 Å². The van der Waals surface area contributed by atoms with Crippen LogP contribution >= 0.6 is 0 Å². The van der Waals surface area contributed by atoms with Gasteiger partial charge in [0.2, 0.25) is 0 Å². The highest BCUT2D eigenvalue weighted by atomic mass is 16.5. The molecule has 0 saturated carbocycles. The van der Waals surface area contributed by atoms with Crippen LogP contribution in [0.5, 0.6) is 0 Å². The fraction of sp³-hybridized carbons (Fsp3) is 0.800. The molecule has 0 fully saturated rings. The predicted octanol–water partition coefficient (Wildman–Crippen LogP) is 2.17. The summed E-state index contributed by atoms with van der Waals surface area (Å²) in [6, 6.07) is 2.48. The molecule has 0 aliphatic rings. The lowest BCUT2D eigenvalue weighted by Gasteiger charge is -2.35. The van der Waals surface area contributed by atoms with Gasteiger partial charge in [-0.05, 0) is 24.9 Å². The second-order valence-corrected chi connectivity index (χ2v) is 6.23. The van der Waals surface area contributed by atoms with Crippen LogP contribution in [0.25, 0.3) is 0 Å². The van der Waals surface area contributed by atoms with E-state index in [9.17, 15) is 0 Å². The van der Waals surface area contributed by atoms with Crippen molar-refractivity contribution >= 4 is 0 Å². The lowest BCUT2D eigenvalue weighted by molar-refractivity contribution is -0.00959. The van der Waals surface area contributed by atoms with Crippen molar-refractivity contribution in [1.29, 1.82) is 0 Å². The highest BCUT2D eigenvalue weighted by Crippen LogP contribution is 2.26. The molecule has 2 atom stereocenters. The smallest absolute Gasteiger partial charge is 0.0776 e. The monoisotopic (exact) mass is 267 g/mol. The van der Waals surface area contributed by atoms with Gasteiger partial charge in [0, 0.05) is 32.3 Å². The summed E-state index contributed by atoms with van der Waals surface area (Å²) in [6.45, 7) is 8.78. The van der Waals surface area contributed by atoms with Crippen molar-refractivity contribution < 1.29 is 4.74 Å². The summed E-state index contributed by atoms with van der Waals surface area (Å²) in [5, 5.41) is 7.91. The molecular weight excluding hydrogens is 238 g/mol. The summed E-state index contributed by atoms with van der Waals surface area (Å²) in [6.07, 6.45) is 2.07. The van der Waals surface area contributed by atoms with Gasteiger partial charge in [-0.25, -0.2) is 0 Å². The number of methoxy groups -OCH3 is 1. The Hall–Kier alpha value is -0.870. The maximum atomic E-state index is 5.72. The molecule has 1 aromatic heterocycles. The summed E-state index contributed by atoms with van der Waals surface area (Å²) in [5.74, 6) is 0. The molecule has 19 heavy (non-hydrogen) atoms. The molecule has 0 aromatic carbocycles. The van der Waals surface area contributed by atoms with Gasteiger partial charge in [0.1, 0.15) is 0 Å². The molecule has 1 rings (SSSR count). The van der Waals surface area contributed by atoms with Crippen LogP contribution in [-0.2, 0) is 24.6 Å². The molecule has 1 heterocycles. The van der Waals surface area contributed by atoms with Gasteiger partial charge in [-0.1, -0.05) is 27.7 Å². The first-order valence-electron chi connectivity index (χ1n) is 7.05. The number of rotatable bonds is 6. The molecule has 4 heteroatoms. The fourth-order valence-corrected chi connectivity index (χ4v) is 2.64. The molecule has 0 aliphatic carbocycles. The first kappa shape index (κ1) is 16.2. The van der Waals surface area contributed by atoms with E-state index in [0.29, 0.717) is 0 Å². The Kier molecular flexibility index (Phi) is 5.56. The van der Waals surface area contributed by atoms with Gasteiger partial charge in [0.15, 0.2) is 0 Å². The molecule has 0 saturated heterocycles. The molecule has 2 unspecified atom stereocenters. The van der Waals surface area contributed by atoms with Crippen LogP contribution in [0.2, 0.25) is 0 Å². The van der Waals surface area contributed by atoms with Crippen LogP contribution in [0, 0.1) is 5.41 Å². The highest BCUT2D eigenvalue weighted by molar-refractivity contribution is 5.12. The van der Waals surface area contributed by atoms with Gasteiger partial charge < -0.3 is 10.1 Å². The molecule has 0 aliphatic heterocycles. The van der Waals surface area contributed by atoms with Crippen LogP contribution in [0.4, 0.5) is 0 Å². The largest absolute Gasteiger partial charge is 0.379 e. The number of nitrogens with zero attached hydrogens (tertiary/aromatic N) is 2. The Morgan fingerprint density at radius 3 is 2.42 bits per heavy atom. The van der Waals surface area contributed by atoms with Crippen molar-refractivity contribution in [2.45, 2.75) is 52.7 Å². The predicted molar refractivity (Wildman–Crippen MR) is 79.4 cm³/mol. The number of likely N-dealkylation sites (N-methyl/N-ethyl adjacent to an activating group) is 1. The number of nitrogens with one attached hydrogen (secondary N) is 1. The number of aromatic nitrogens is 2. The van der Waals surface area contributed by atoms with Crippen LogP contribution in [0.15, 0.2) is 6.07 Å². The summed E-state index contributed by atoms with van der Waals surface area (Å²) in [5.41, 5.74) is 2.51. The average molecular weight is 267 g/mol. The van der Waals surface area contributed by atoms with Gasteiger partial charge in [0.25, 0.3) is 0 Å². The van der Waals surface area contributed by atoms with Crippen LogP contribution < -0.4 is 5.32 Å². The summed E-state index contributed by atoms with van der Waals surface area (Å²) >= 11 is 0. The Balaban J connectivity index is 2.89. The number of hydrogen-bond acceptors (Lipinski definition) is 3. The first-order chi connectivity index (χ1) is 8.83. The zero-order valence-corrected chi connectivity index (χ0v) is 13.4. The van der Waals surface area contributed by atoms with E-state index in [2.05, 4.69) is 44.2 Å². The lowest BCUT2D eigenvalue weighted by atomic mass is 9.83. The highest BCUT2D eigenvalue weighted by Gasteiger charge is 2.32. The second kappa shape index (κ2) is 6.53. The second-order valence-electron chi connectivity index (χ2n) is 6.23. The van der Waals surface area contributed by atoms with Gasteiger partial charge in [-0.15, -0.1) is 0 Å². The van der Waals surface area contributed by atoms with E-state index < -0.39 is 0 Å². The summed E-state index contributed by atoms with van der Waals surface area (Å²) < 4.78 is 7.71. The minimum absolute atomic E-state index is 0.106. The maximum absolute atomic E-state index is 5.72. The number of aryl methyl sites for hydroxylation is 2. The molecule has 0 amide bonds. The minimum atomic E-state index is 0.106. The third-order valence-electron chi connectivity index (χ3n) is 3.66. The zero-order chi connectivity index (χ0) is 14.6. The third kappa shape index (κ3) is 4.05. The van der Waals surface area contributed by atoms with Gasteiger partial charge >= 0.3 is 0 Å². The fourth-order valence-electron chi connectivity index (χ4n) is 2.64. The molecule has 4 nitrogen and oxygen atoms in total. The van der Waals surface area contributed by atoms with E-state index in [1.165, 1.54) is 5.69 Å². The van der Waals surface area contributed by atoms with Crippen molar-refractivity contribution in [2.24, 2.45) is 12.5 Å². The Bertz CT molecular complexity index is 393. The van der Waals surface area contributed by atoms with E-state index in [1.54, 1.807) is 7.11 Å². The van der Waals surface area contributed by atoms with E-state index in [4.69, 9.17) is 4.74 Å². The molecular formula is C15H29N3O. The zero-order valence-electron chi connectivity index (χ0n) is 13.4. The van der Waals surface area contributed by atoms with Crippen molar-refractivity contribution in [1.82, 2.24) is 15.1 Å². The normalized spacial score (nSPS) is 15.5. The Morgan fingerprint density at radius 1 is 1.42 bits per heavy atom. The molecule has 1 aromatic rings. The van der Waals surface area contributed by atoms with Crippen LogP contribution in [0.3, 0.4) is 0 Å². The average Bonchev–Trinajstić information content (AvgIpc) is 2.68. The van der Waals surface area contributed by atoms with Crippen molar-refractivity contribution in [3.8, 4) is 0 Å². The van der Waals surface area contributed by atoms with Gasteiger partial charge in [0.05, 0.1) is 11.8 Å². The van der Waals surface area contributed by atoms with Crippen molar-refractivity contribution in [3.05, 3.63) is 17.5 Å². The SMILES string of the molecule is CCc1cc(CC(NC)C(OC)C(C)(C)C)n(C)n1. The van der Waals surface area contributed by atoms with E-state index in [1.807, 2.05) is 18.8 Å². The van der Waals surface area contributed by atoms with Gasteiger partial charge in [-0.2, -0.15) is 5.10 Å². The quantitative estimate of drug-likeness (QED) is 0.858. The molecule has 0 radical (unpaired) electrons. The minimum Gasteiger partial charge on any atom is -0.379 e. The lowest BCUT2D eigenvalue weighted by Crippen LogP contribution is -2.47. The molecule has 0 spiro atoms. The van der Waals surface area contributed by atoms with E-state index in [-0.39, 0.29) is 17.6 Å². The first-order valence-corrected chi connectivity index (χ1v) is 7.05. The number of hydrogen-bond donors (Lipinski definition) is 1. The number of ether oxygens (including phenoxy) is 1. The van der Waals surface area contributed by atoms with Crippen molar-refractivity contribution in [2.75, 3.05) is 14.2 Å². The van der Waals surface area contributed by atoms with E-state index >= 15 is 0 Å².